The van der Waals surface area contributed by atoms with Crippen molar-refractivity contribution < 1.29 is 4.74 Å². The molecule has 0 unspecified atom stereocenters. The quantitative estimate of drug-likeness (QED) is 0.783. The molecule has 1 aromatic heterocycles. The summed E-state index contributed by atoms with van der Waals surface area (Å²) >= 11 is 3.40. The van der Waals surface area contributed by atoms with E-state index in [0.29, 0.717) is 11.1 Å². The van der Waals surface area contributed by atoms with E-state index < -0.39 is 0 Å². The minimum atomic E-state index is -0.222. The van der Waals surface area contributed by atoms with Crippen LogP contribution >= 0.6 is 15.9 Å². The SMILES string of the molecule is COc1ccc2c(-c3ccc(Br)cc3)n[nH]c(=O)c2c1. The van der Waals surface area contributed by atoms with Crippen LogP contribution in [0.15, 0.2) is 51.7 Å². The fraction of sp³-hybridized carbons (Fsp3) is 0.0667. The van der Waals surface area contributed by atoms with E-state index in [1.54, 1.807) is 13.2 Å². The van der Waals surface area contributed by atoms with Crippen molar-refractivity contribution >= 4 is 26.7 Å². The number of hydrogen-bond donors (Lipinski definition) is 1. The summed E-state index contributed by atoms with van der Waals surface area (Å²) in [6.07, 6.45) is 0. The first-order chi connectivity index (χ1) is 9.69. The minimum absolute atomic E-state index is 0.222. The molecule has 1 heterocycles. The standard InChI is InChI=1S/C15H11BrN2O2/c1-20-11-6-7-12-13(8-11)15(19)18-17-14(12)9-2-4-10(16)5-3-9/h2-8H,1H3,(H,18,19). The van der Waals surface area contributed by atoms with E-state index in [9.17, 15) is 4.79 Å². The number of methoxy groups -OCH3 is 1. The van der Waals surface area contributed by atoms with Crippen LogP contribution in [0.2, 0.25) is 0 Å². The van der Waals surface area contributed by atoms with Gasteiger partial charge in [0.15, 0.2) is 0 Å². The van der Waals surface area contributed by atoms with Crippen molar-refractivity contribution in [2.24, 2.45) is 0 Å². The van der Waals surface area contributed by atoms with E-state index in [1.165, 1.54) is 0 Å². The topological polar surface area (TPSA) is 55.0 Å². The average Bonchev–Trinajstić information content (AvgIpc) is 2.49. The van der Waals surface area contributed by atoms with Gasteiger partial charge >= 0.3 is 0 Å². The zero-order valence-corrected chi connectivity index (χ0v) is 12.3. The number of H-pyrrole nitrogens is 1. The molecule has 20 heavy (non-hydrogen) atoms. The van der Waals surface area contributed by atoms with Crippen LogP contribution in [0.25, 0.3) is 22.0 Å². The summed E-state index contributed by atoms with van der Waals surface area (Å²) < 4.78 is 6.16. The van der Waals surface area contributed by atoms with Crippen LogP contribution in [0.4, 0.5) is 0 Å². The molecule has 0 aliphatic heterocycles. The van der Waals surface area contributed by atoms with Crippen LogP contribution in [-0.2, 0) is 0 Å². The van der Waals surface area contributed by atoms with Crippen molar-refractivity contribution in [1.29, 1.82) is 0 Å². The van der Waals surface area contributed by atoms with Crippen LogP contribution in [0.1, 0.15) is 0 Å². The first-order valence-corrected chi connectivity index (χ1v) is 6.81. The number of fused-ring (bicyclic) bond motifs is 1. The van der Waals surface area contributed by atoms with Gasteiger partial charge in [0.05, 0.1) is 18.2 Å². The number of nitrogens with one attached hydrogen (secondary N) is 1. The highest BCUT2D eigenvalue weighted by molar-refractivity contribution is 9.10. The first-order valence-electron chi connectivity index (χ1n) is 6.01. The van der Waals surface area contributed by atoms with Gasteiger partial charge in [-0.05, 0) is 30.3 Å². The first kappa shape index (κ1) is 12.9. The molecule has 0 amide bonds. The summed E-state index contributed by atoms with van der Waals surface area (Å²) in [6, 6.07) is 13.2. The number of aromatic amines is 1. The maximum absolute atomic E-state index is 11.9. The molecule has 0 saturated carbocycles. The zero-order chi connectivity index (χ0) is 14.1. The van der Waals surface area contributed by atoms with Gasteiger partial charge in [0.25, 0.3) is 5.56 Å². The van der Waals surface area contributed by atoms with E-state index in [-0.39, 0.29) is 5.56 Å². The Kier molecular flexibility index (Phi) is 3.28. The molecule has 100 valence electrons. The Labute approximate surface area is 123 Å². The monoisotopic (exact) mass is 330 g/mol. The fourth-order valence-electron chi connectivity index (χ4n) is 2.10. The molecule has 5 heteroatoms. The highest BCUT2D eigenvalue weighted by Crippen LogP contribution is 2.27. The molecule has 0 aliphatic carbocycles. The van der Waals surface area contributed by atoms with Gasteiger partial charge in [0.1, 0.15) is 5.75 Å². The third-order valence-corrected chi connectivity index (χ3v) is 3.64. The van der Waals surface area contributed by atoms with Crippen molar-refractivity contribution in [2.45, 2.75) is 0 Å². The van der Waals surface area contributed by atoms with Gasteiger partial charge in [-0.25, -0.2) is 5.10 Å². The van der Waals surface area contributed by atoms with Crippen LogP contribution in [0, 0.1) is 0 Å². The second-order valence-corrected chi connectivity index (χ2v) is 5.24. The Bertz CT molecular complexity index is 825. The molecule has 0 bridgehead atoms. The molecule has 1 N–H and O–H groups in total. The number of rotatable bonds is 2. The summed E-state index contributed by atoms with van der Waals surface area (Å²) in [6.45, 7) is 0. The normalized spacial score (nSPS) is 10.7. The van der Waals surface area contributed by atoms with Crippen LogP contribution in [-0.4, -0.2) is 17.3 Å². The maximum atomic E-state index is 11.9. The average molecular weight is 331 g/mol. The van der Waals surface area contributed by atoms with Crippen molar-refractivity contribution in [1.82, 2.24) is 10.2 Å². The van der Waals surface area contributed by atoms with Gasteiger partial charge in [-0.15, -0.1) is 0 Å². The molecule has 0 radical (unpaired) electrons. The van der Waals surface area contributed by atoms with Gasteiger partial charge < -0.3 is 4.74 Å². The van der Waals surface area contributed by atoms with Gasteiger partial charge in [0, 0.05) is 15.4 Å². The highest BCUT2D eigenvalue weighted by atomic mass is 79.9. The lowest BCUT2D eigenvalue weighted by Crippen LogP contribution is -2.09. The minimum Gasteiger partial charge on any atom is -0.497 e. The molecular formula is C15H11BrN2O2. The highest BCUT2D eigenvalue weighted by Gasteiger charge is 2.09. The third kappa shape index (κ3) is 2.20. The number of ether oxygens (including phenoxy) is 1. The summed E-state index contributed by atoms with van der Waals surface area (Å²) in [4.78, 5) is 11.9. The van der Waals surface area contributed by atoms with Crippen molar-refractivity contribution in [3.63, 3.8) is 0 Å². The van der Waals surface area contributed by atoms with Gasteiger partial charge in [0.2, 0.25) is 0 Å². The Morgan fingerprint density at radius 2 is 1.85 bits per heavy atom. The fourth-order valence-corrected chi connectivity index (χ4v) is 2.36. The van der Waals surface area contributed by atoms with Crippen molar-refractivity contribution in [2.75, 3.05) is 7.11 Å². The number of aromatic nitrogens is 2. The second-order valence-electron chi connectivity index (χ2n) is 4.32. The molecule has 0 spiro atoms. The molecular weight excluding hydrogens is 320 g/mol. The van der Waals surface area contributed by atoms with Crippen LogP contribution in [0.5, 0.6) is 5.75 Å². The maximum Gasteiger partial charge on any atom is 0.272 e. The van der Waals surface area contributed by atoms with E-state index in [1.807, 2.05) is 36.4 Å². The molecule has 0 fully saturated rings. The van der Waals surface area contributed by atoms with Crippen LogP contribution in [0.3, 0.4) is 0 Å². The molecule has 3 aromatic rings. The second kappa shape index (κ2) is 5.09. The number of nitrogens with zero attached hydrogens (tertiary/aromatic N) is 1. The van der Waals surface area contributed by atoms with Crippen molar-refractivity contribution in [3.05, 3.63) is 57.3 Å². The lowest BCUT2D eigenvalue weighted by molar-refractivity contribution is 0.415. The summed E-state index contributed by atoms with van der Waals surface area (Å²) in [7, 11) is 1.58. The number of benzene rings is 2. The van der Waals surface area contributed by atoms with Gasteiger partial charge in [-0.2, -0.15) is 5.10 Å². The lowest BCUT2D eigenvalue weighted by atomic mass is 10.1. The summed E-state index contributed by atoms with van der Waals surface area (Å²) in [5.74, 6) is 0.649. The van der Waals surface area contributed by atoms with Crippen LogP contribution < -0.4 is 10.3 Å². The molecule has 2 aromatic carbocycles. The molecule has 4 nitrogen and oxygen atoms in total. The Balaban J connectivity index is 2.29. The predicted molar refractivity (Wildman–Crippen MR) is 82.1 cm³/mol. The number of halogens is 1. The summed E-state index contributed by atoms with van der Waals surface area (Å²) in [5.41, 5.74) is 1.47. The van der Waals surface area contributed by atoms with Gasteiger partial charge in [-0.1, -0.05) is 28.1 Å². The van der Waals surface area contributed by atoms with Gasteiger partial charge in [-0.3, -0.25) is 4.79 Å². The van der Waals surface area contributed by atoms with E-state index in [4.69, 9.17) is 4.74 Å². The molecule has 0 atom stereocenters. The summed E-state index contributed by atoms with van der Waals surface area (Å²) in [5, 5.41) is 8.07. The van der Waals surface area contributed by atoms with E-state index >= 15 is 0 Å². The predicted octanol–water partition coefficient (Wildman–Crippen LogP) is 3.36. The Morgan fingerprint density at radius 1 is 1.10 bits per heavy atom. The van der Waals surface area contributed by atoms with E-state index in [0.717, 1.165) is 21.1 Å². The largest absolute Gasteiger partial charge is 0.497 e. The van der Waals surface area contributed by atoms with Crippen molar-refractivity contribution in [3.8, 4) is 17.0 Å². The molecule has 0 aliphatic rings. The third-order valence-electron chi connectivity index (χ3n) is 3.11. The van der Waals surface area contributed by atoms with E-state index in [2.05, 4.69) is 26.1 Å². The number of hydrogen-bond acceptors (Lipinski definition) is 3. The smallest absolute Gasteiger partial charge is 0.272 e. The lowest BCUT2D eigenvalue weighted by Gasteiger charge is -2.07. The molecule has 3 rings (SSSR count). The molecule has 0 saturated heterocycles. The Morgan fingerprint density at radius 3 is 2.55 bits per heavy atom. The Hall–Kier alpha value is -2.14. The zero-order valence-electron chi connectivity index (χ0n) is 10.7.